The van der Waals surface area contributed by atoms with Gasteiger partial charge in [0, 0.05) is 5.57 Å². The van der Waals surface area contributed by atoms with Gasteiger partial charge in [0.1, 0.15) is 0 Å². The fraction of sp³-hybridized carbons (Fsp3) is 0.412. The first-order chi connectivity index (χ1) is 10.9. The molecule has 0 spiro atoms. The summed E-state index contributed by atoms with van der Waals surface area (Å²) < 4.78 is 10.1. The molecule has 0 fully saturated rings. The summed E-state index contributed by atoms with van der Waals surface area (Å²) in [4.78, 5) is 23.0. The van der Waals surface area contributed by atoms with Crippen LogP contribution in [0.3, 0.4) is 0 Å². The molecule has 1 aromatic carbocycles. The molecule has 0 heterocycles. The van der Waals surface area contributed by atoms with Crippen molar-refractivity contribution in [3.05, 3.63) is 35.9 Å². The first-order valence-corrected chi connectivity index (χ1v) is 7.57. The van der Waals surface area contributed by atoms with Crippen LogP contribution >= 0.6 is 0 Å². The summed E-state index contributed by atoms with van der Waals surface area (Å²) in [5.41, 5.74) is 12.7. The third-order valence-corrected chi connectivity index (χ3v) is 3.21. The number of ether oxygens (including phenoxy) is 2. The van der Waals surface area contributed by atoms with E-state index in [1.807, 2.05) is 0 Å². The molecular formula is C17H24N2O4. The van der Waals surface area contributed by atoms with E-state index in [4.69, 9.17) is 20.9 Å². The Labute approximate surface area is 136 Å². The van der Waals surface area contributed by atoms with Crippen LogP contribution < -0.4 is 11.5 Å². The van der Waals surface area contributed by atoms with Gasteiger partial charge in [-0.3, -0.25) is 0 Å². The number of carbonyl (C=O) groups excluding carboxylic acids is 2. The lowest BCUT2D eigenvalue weighted by Gasteiger charge is -2.08. The zero-order chi connectivity index (χ0) is 17.2. The Morgan fingerprint density at radius 2 is 1.65 bits per heavy atom. The second-order valence-electron chi connectivity index (χ2n) is 5.27. The van der Waals surface area contributed by atoms with Gasteiger partial charge in [0.15, 0.2) is 0 Å². The fourth-order valence-corrected chi connectivity index (χ4v) is 1.85. The van der Waals surface area contributed by atoms with Gasteiger partial charge in [-0.15, -0.1) is 0 Å². The number of rotatable bonds is 9. The summed E-state index contributed by atoms with van der Waals surface area (Å²) in [5, 5.41) is 0. The second-order valence-corrected chi connectivity index (χ2v) is 5.27. The molecule has 6 nitrogen and oxygen atoms in total. The van der Waals surface area contributed by atoms with E-state index in [0.717, 1.165) is 25.7 Å². The number of hydrogen-bond acceptors (Lipinski definition) is 6. The topological polar surface area (TPSA) is 105 Å². The first-order valence-electron chi connectivity index (χ1n) is 7.57. The lowest BCUT2D eigenvalue weighted by molar-refractivity contribution is -0.139. The molecular weight excluding hydrogens is 296 g/mol. The molecule has 0 aromatic heterocycles. The van der Waals surface area contributed by atoms with Crippen LogP contribution in [0.25, 0.3) is 0 Å². The van der Waals surface area contributed by atoms with Gasteiger partial charge in [-0.25, -0.2) is 9.59 Å². The van der Waals surface area contributed by atoms with Gasteiger partial charge in [-0.2, -0.15) is 0 Å². The molecule has 0 saturated carbocycles. The zero-order valence-corrected chi connectivity index (χ0v) is 13.5. The molecule has 0 saturated heterocycles. The summed E-state index contributed by atoms with van der Waals surface area (Å²) in [6.45, 7) is 5.82. The number of nitrogens with two attached hydrogens (primary N) is 2. The van der Waals surface area contributed by atoms with E-state index in [0.29, 0.717) is 24.5 Å². The van der Waals surface area contributed by atoms with Crippen molar-refractivity contribution in [2.45, 2.75) is 32.6 Å². The molecule has 0 aliphatic carbocycles. The van der Waals surface area contributed by atoms with Gasteiger partial charge in [0.2, 0.25) is 0 Å². The third-order valence-electron chi connectivity index (χ3n) is 3.21. The minimum absolute atomic E-state index is 0.247. The van der Waals surface area contributed by atoms with Crippen molar-refractivity contribution in [3.63, 3.8) is 0 Å². The molecule has 0 atom stereocenters. The van der Waals surface area contributed by atoms with Crippen LogP contribution in [0.15, 0.2) is 30.4 Å². The first kappa shape index (κ1) is 18.5. The Hall–Kier alpha value is -2.50. The highest BCUT2D eigenvalue weighted by Crippen LogP contribution is 2.20. The van der Waals surface area contributed by atoms with Gasteiger partial charge in [0.25, 0.3) is 0 Å². The maximum absolute atomic E-state index is 11.9. The number of esters is 2. The van der Waals surface area contributed by atoms with E-state index < -0.39 is 5.97 Å². The predicted octanol–water partition coefficient (Wildman–Crippen LogP) is 2.69. The number of para-hydroxylation sites is 1. The molecule has 6 heteroatoms. The molecule has 126 valence electrons. The maximum atomic E-state index is 11.9. The van der Waals surface area contributed by atoms with Crippen molar-refractivity contribution in [3.8, 4) is 0 Å². The van der Waals surface area contributed by atoms with Gasteiger partial charge in [0.05, 0.1) is 30.2 Å². The average Bonchev–Trinajstić information content (AvgIpc) is 2.51. The summed E-state index contributed by atoms with van der Waals surface area (Å²) in [7, 11) is 0. The summed E-state index contributed by atoms with van der Waals surface area (Å²) in [6, 6.07) is 4.88. The normalized spacial score (nSPS) is 10.1. The van der Waals surface area contributed by atoms with Crippen molar-refractivity contribution in [2.75, 3.05) is 24.7 Å². The average molecular weight is 320 g/mol. The molecule has 0 unspecified atom stereocenters. The predicted molar refractivity (Wildman–Crippen MR) is 89.8 cm³/mol. The number of anilines is 2. The van der Waals surface area contributed by atoms with Crippen LogP contribution in [-0.2, 0) is 14.3 Å². The lowest BCUT2D eigenvalue weighted by atomic mass is 10.1. The van der Waals surface area contributed by atoms with Crippen LogP contribution in [0, 0.1) is 0 Å². The van der Waals surface area contributed by atoms with Gasteiger partial charge in [-0.1, -0.05) is 12.6 Å². The quantitative estimate of drug-likeness (QED) is 0.314. The Kier molecular flexibility index (Phi) is 7.66. The molecule has 0 aliphatic heterocycles. The Bertz CT molecular complexity index is 570. The van der Waals surface area contributed by atoms with E-state index in [2.05, 4.69) is 6.58 Å². The standard InChI is InChI=1S/C17H24N2O4/c1-12(2)16(20)22-10-5-3-4-6-11-23-17(21)13-8-7-9-14(18)15(13)19/h7-9H,1,3-6,10-11,18-19H2,2H3. The second kappa shape index (κ2) is 9.50. The maximum Gasteiger partial charge on any atom is 0.340 e. The lowest BCUT2D eigenvalue weighted by Crippen LogP contribution is -2.10. The molecule has 0 radical (unpaired) electrons. The molecule has 4 N–H and O–H groups in total. The van der Waals surface area contributed by atoms with Crippen molar-refractivity contribution in [1.29, 1.82) is 0 Å². The minimum atomic E-state index is -0.467. The Morgan fingerprint density at radius 1 is 1.04 bits per heavy atom. The van der Waals surface area contributed by atoms with E-state index in [1.165, 1.54) is 0 Å². The summed E-state index contributed by atoms with van der Waals surface area (Å²) in [5.74, 6) is -0.830. The van der Waals surface area contributed by atoms with Gasteiger partial charge < -0.3 is 20.9 Å². The Balaban J connectivity index is 2.13. The highest BCUT2D eigenvalue weighted by atomic mass is 16.5. The van der Waals surface area contributed by atoms with Crippen LogP contribution in [0.2, 0.25) is 0 Å². The van der Waals surface area contributed by atoms with E-state index in [9.17, 15) is 9.59 Å². The Morgan fingerprint density at radius 3 is 2.26 bits per heavy atom. The highest BCUT2D eigenvalue weighted by molar-refractivity contribution is 5.97. The van der Waals surface area contributed by atoms with E-state index in [1.54, 1.807) is 25.1 Å². The zero-order valence-electron chi connectivity index (χ0n) is 13.5. The van der Waals surface area contributed by atoms with Crippen molar-refractivity contribution >= 4 is 23.3 Å². The van der Waals surface area contributed by atoms with Gasteiger partial charge >= 0.3 is 11.9 Å². The molecule has 1 aromatic rings. The minimum Gasteiger partial charge on any atom is -0.462 e. The van der Waals surface area contributed by atoms with Gasteiger partial charge in [-0.05, 0) is 44.7 Å². The molecule has 0 aliphatic rings. The number of carbonyl (C=O) groups is 2. The van der Waals surface area contributed by atoms with Crippen LogP contribution in [0.1, 0.15) is 43.0 Å². The largest absolute Gasteiger partial charge is 0.462 e. The number of nitrogen functional groups attached to an aromatic ring is 2. The summed E-state index contributed by atoms with van der Waals surface area (Å²) >= 11 is 0. The van der Waals surface area contributed by atoms with Crippen LogP contribution in [0.5, 0.6) is 0 Å². The number of benzene rings is 1. The van der Waals surface area contributed by atoms with Crippen molar-refractivity contribution < 1.29 is 19.1 Å². The SMILES string of the molecule is C=C(C)C(=O)OCCCCCCOC(=O)c1cccc(N)c1N. The molecule has 1 rings (SSSR count). The smallest absolute Gasteiger partial charge is 0.340 e. The van der Waals surface area contributed by atoms with Crippen LogP contribution in [-0.4, -0.2) is 25.2 Å². The van der Waals surface area contributed by atoms with E-state index >= 15 is 0 Å². The number of hydrogen-bond donors (Lipinski definition) is 2. The monoisotopic (exact) mass is 320 g/mol. The number of unbranched alkanes of at least 4 members (excludes halogenated alkanes) is 3. The van der Waals surface area contributed by atoms with Crippen molar-refractivity contribution in [2.24, 2.45) is 0 Å². The third kappa shape index (κ3) is 6.42. The fourth-order valence-electron chi connectivity index (χ4n) is 1.85. The summed E-state index contributed by atoms with van der Waals surface area (Å²) in [6.07, 6.45) is 3.28. The van der Waals surface area contributed by atoms with Crippen LogP contribution in [0.4, 0.5) is 11.4 Å². The van der Waals surface area contributed by atoms with E-state index in [-0.39, 0.29) is 17.2 Å². The van der Waals surface area contributed by atoms with Crippen molar-refractivity contribution in [1.82, 2.24) is 0 Å². The highest BCUT2D eigenvalue weighted by Gasteiger charge is 2.12. The molecule has 0 bridgehead atoms. The molecule has 23 heavy (non-hydrogen) atoms. The molecule has 0 amide bonds.